The first kappa shape index (κ1) is 27.6. The van der Waals surface area contributed by atoms with Crippen molar-refractivity contribution in [2.24, 2.45) is 17.6 Å². The summed E-state index contributed by atoms with van der Waals surface area (Å²) in [6, 6.07) is 12.3. The van der Waals surface area contributed by atoms with Gasteiger partial charge in [0.2, 0.25) is 10.0 Å². The number of primary amides is 1. The number of anilines is 1. The molecule has 0 bridgehead atoms. The summed E-state index contributed by atoms with van der Waals surface area (Å²) in [5, 5.41) is 16.5. The number of hydrogen-bond donors (Lipinski definition) is 4. The lowest BCUT2D eigenvalue weighted by Crippen LogP contribution is -2.40. The number of aliphatic hydroxyl groups excluding tert-OH is 1. The molecule has 4 rings (SSSR count). The number of carbonyl (C=O) groups excluding carboxylic acids is 1. The Morgan fingerprint density at radius 3 is 2.54 bits per heavy atom. The fraction of sp³-hybridized carbons (Fsp3) is 0.536. The number of rotatable bonds is 10. The van der Waals surface area contributed by atoms with Gasteiger partial charge in [-0.25, -0.2) is 12.7 Å². The van der Waals surface area contributed by atoms with Gasteiger partial charge in [-0.2, -0.15) is 0 Å². The number of sulfonamides is 1. The number of fused-ring (bicyclic) bond motifs is 1. The molecule has 0 spiro atoms. The van der Waals surface area contributed by atoms with Crippen molar-refractivity contribution in [2.75, 3.05) is 37.3 Å². The van der Waals surface area contributed by atoms with Gasteiger partial charge in [0.15, 0.2) is 0 Å². The van der Waals surface area contributed by atoms with Crippen molar-refractivity contribution in [1.29, 1.82) is 0 Å². The molecular formula is C28H40N4O4S. The lowest BCUT2D eigenvalue weighted by Gasteiger charge is -2.34. The number of piperidine rings is 1. The highest BCUT2D eigenvalue weighted by atomic mass is 32.2. The molecule has 2 aromatic rings. The minimum absolute atomic E-state index is 0.0238. The van der Waals surface area contributed by atoms with Gasteiger partial charge in [0.05, 0.1) is 23.6 Å². The molecule has 1 fully saturated rings. The second-order valence-corrected chi connectivity index (χ2v) is 12.8. The second-order valence-electron chi connectivity index (χ2n) is 10.6. The van der Waals surface area contributed by atoms with Crippen molar-refractivity contribution < 1.29 is 18.3 Å². The molecule has 37 heavy (non-hydrogen) atoms. The van der Waals surface area contributed by atoms with Crippen LogP contribution in [0.5, 0.6) is 0 Å². The van der Waals surface area contributed by atoms with E-state index in [4.69, 9.17) is 5.73 Å². The van der Waals surface area contributed by atoms with Gasteiger partial charge < -0.3 is 21.5 Å². The van der Waals surface area contributed by atoms with Crippen LogP contribution in [-0.2, 0) is 16.6 Å². The van der Waals surface area contributed by atoms with Crippen molar-refractivity contribution in [2.45, 2.75) is 52.1 Å². The van der Waals surface area contributed by atoms with Crippen LogP contribution in [0.25, 0.3) is 11.1 Å². The Morgan fingerprint density at radius 2 is 1.92 bits per heavy atom. The maximum Gasteiger partial charge on any atom is 0.250 e. The number of nitrogens with zero attached hydrogens (tertiary/aromatic N) is 1. The zero-order chi connectivity index (χ0) is 26.7. The first-order valence-electron chi connectivity index (χ1n) is 13.3. The molecule has 202 valence electrons. The highest BCUT2D eigenvalue weighted by Crippen LogP contribution is 2.44. The van der Waals surface area contributed by atoms with E-state index in [1.54, 1.807) is 11.2 Å². The monoisotopic (exact) mass is 528 g/mol. The average Bonchev–Trinajstić information content (AvgIpc) is 3.32. The molecule has 5 N–H and O–H groups in total. The van der Waals surface area contributed by atoms with E-state index in [1.807, 2.05) is 18.2 Å². The zero-order valence-electron chi connectivity index (χ0n) is 22.0. The number of hydrogen-bond acceptors (Lipinski definition) is 6. The fourth-order valence-corrected chi connectivity index (χ4v) is 6.75. The maximum atomic E-state index is 12.4. The third kappa shape index (κ3) is 6.00. The van der Waals surface area contributed by atoms with E-state index in [2.05, 4.69) is 42.7 Å². The highest BCUT2D eigenvalue weighted by molar-refractivity contribution is 7.89. The van der Waals surface area contributed by atoms with Crippen molar-refractivity contribution in [3.05, 3.63) is 53.1 Å². The van der Waals surface area contributed by atoms with Gasteiger partial charge in [-0.1, -0.05) is 32.0 Å². The average molecular weight is 529 g/mol. The molecule has 2 heterocycles. The molecule has 2 aromatic carbocycles. The lowest BCUT2D eigenvalue weighted by molar-refractivity contribution is 0.100. The molecule has 1 unspecified atom stereocenters. The Labute approximate surface area is 220 Å². The Kier molecular flexibility index (Phi) is 8.58. The molecule has 0 aromatic heterocycles. The second kappa shape index (κ2) is 11.5. The standard InChI is InChI=1S/C28H40N4O4S/c1-4-37(35,36)32-10-8-20(9-11-32)25-16-31-27-23(25)13-22(14-24(27)28(29)34)21-7-5-6-19(12-21)15-30-26(17-33)18(2)3/h5-7,12-14,18,20,25-26,30-31,33H,4,8-11,15-17H2,1-3H3,(H2,29,34)/t25?,26-/m0/s1. The predicted molar refractivity (Wildman–Crippen MR) is 148 cm³/mol. The number of carbonyl (C=O) groups is 1. The van der Waals surface area contributed by atoms with E-state index < -0.39 is 15.9 Å². The molecule has 0 saturated carbocycles. The largest absolute Gasteiger partial charge is 0.395 e. The van der Waals surface area contributed by atoms with Crippen LogP contribution in [0, 0.1) is 11.8 Å². The van der Waals surface area contributed by atoms with Gasteiger partial charge >= 0.3 is 0 Å². The summed E-state index contributed by atoms with van der Waals surface area (Å²) in [6.45, 7) is 8.35. The summed E-state index contributed by atoms with van der Waals surface area (Å²) < 4.78 is 26.2. The number of aliphatic hydroxyl groups is 1. The summed E-state index contributed by atoms with van der Waals surface area (Å²) in [4.78, 5) is 12.4. The Balaban J connectivity index is 1.59. The summed E-state index contributed by atoms with van der Waals surface area (Å²) in [7, 11) is -3.17. The molecular weight excluding hydrogens is 488 g/mol. The Bertz CT molecular complexity index is 1220. The van der Waals surface area contributed by atoms with E-state index in [0.29, 0.717) is 43.6 Å². The first-order valence-corrected chi connectivity index (χ1v) is 14.9. The molecule has 0 aliphatic carbocycles. The summed E-state index contributed by atoms with van der Waals surface area (Å²) >= 11 is 0. The van der Waals surface area contributed by atoms with Crippen molar-refractivity contribution in [1.82, 2.24) is 9.62 Å². The number of nitrogens with two attached hydrogens (primary N) is 1. The van der Waals surface area contributed by atoms with Crippen LogP contribution >= 0.6 is 0 Å². The SMILES string of the molecule is CCS(=O)(=O)N1CCC(C2CNc3c(C(N)=O)cc(-c4cccc(CN[C@@H](CO)C(C)C)c4)cc32)CC1. The lowest BCUT2D eigenvalue weighted by atomic mass is 9.80. The first-order chi connectivity index (χ1) is 17.6. The van der Waals surface area contributed by atoms with Crippen LogP contribution in [0.4, 0.5) is 5.69 Å². The van der Waals surface area contributed by atoms with E-state index in [1.165, 1.54) is 0 Å². The quantitative estimate of drug-likeness (QED) is 0.376. The molecule has 8 nitrogen and oxygen atoms in total. The topological polar surface area (TPSA) is 125 Å². The van der Waals surface area contributed by atoms with Gasteiger partial charge in [0.25, 0.3) is 5.91 Å². The summed E-state index contributed by atoms with van der Waals surface area (Å²) in [6.07, 6.45) is 1.59. The van der Waals surface area contributed by atoms with Crippen LogP contribution in [0.15, 0.2) is 36.4 Å². The van der Waals surface area contributed by atoms with Gasteiger partial charge in [0.1, 0.15) is 0 Å². The van der Waals surface area contributed by atoms with Gasteiger partial charge in [-0.15, -0.1) is 0 Å². The third-order valence-electron chi connectivity index (χ3n) is 7.99. The zero-order valence-corrected chi connectivity index (χ0v) is 22.9. The number of benzene rings is 2. The molecule has 0 radical (unpaired) electrons. The van der Waals surface area contributed by atoms with Gasteiger partial charge in [-0.05, 0) is 72.1 Å². The van der Waals surface area contributed by atoms with E-state index >= 15 is 0 Å². The molecule has 2 aliphatic rings. The van der Waals surface area contributed by atoms with Crippen molar-refractivity contribution in [3.63, 3.8) is 0 Å². The van der Waals surface area contributed by atoms with E-state index in [9.17, 15) is 18.3 Å². The fourth-order valence-electron chi connectivity index (χ4n) is 5.62. The third-order valence-corrected chi connectivity index (χ3v) is 9.87. The molecule has 9 heteroatoms. The number of nitrogens with one attached hydrogen (secondary N) is 2. The van der Waals surface area contributed by atoms with Crippen LogP contribution in [0.3, 0.4) is 0 Å². The summed E-state index contributed by atoms with van der Waals surface area (Å²) in [5.41, 5.74) is 11.2. The molecule has 2 atom stereocenters. The maximum absolute atomic E-state index is 12.4. The smallest absolute Gasteiger partial charge is 0.250 e. The molecule has 2 aliphatic heterocycles. The van der Waals surface area contributed by atoms with Crippen molar-refractivity contribution >= 4 is 21.6 Å². The van der Waals surface area contributed by atoms with Crippen LogP contribution in [-0.4, -0.2) is 61.8 Å². The predicted octanol–water partition coefficient (Wildman–Crippen LogP) is 3.13. The Hall–Kier alpha value is -2.46. The minimum Gasteiger partial charge on any atom is -0.395 e. The van der Waals surface area contributed by atoms with Gasteiger partial charge in [0, 0.05) is 38.1 Å². The normalized spacial score (nSPS) is 19.5. The Morgan fingerprint density at radius 1 is 1.19 bits per heavy atom. The van der Waals surface area contributed by atoms with Crippen LogP contribution in [0.2, 0.25) is 0 Å². The molecule has 1 amide bonds. The van der Waals surface area contributed by atoms with Crippen LogP contribution in [0.1, 0.15) is 61.0 Å². The van der Waals surface area contributed by atoms with E-state index in [-0.39, 0.29) is 24.3 Å². The summed E-state index contributed by atoms with van der Waals surface area (Å²) in [5.74, 6) is 0.511. The van der Waals surface area contributed by atoms with Crippen molar-refractivity contribution in [3.8, 4) is 11.1 Å². The van der Waals surface area contributed by atoms with E-state index in [0.717, 1.165) is 40.8 Å². The molecule has 1 saturated heterocycles. The van der Waals surface area contributed by atoms with Crippen LogP contribution < -0.4 is 16.4 Å². The minimum atomic E-state index is -3.17. The van der Waals surface area contributed by atoms with Gasteiger partial charge in [-0.3, -0.25) is 4.79 Å². The highest BCUT2D eigenvalue weighted by Gasteiger charge is 2.36. The number of amides is 1.